The monoisotopic (exact) mass is 181 g/mol. The molecule has 1 aromatic rings. The molecule has 13 heavy (non-hydrogen) atoms. The van der Waals surface area contributed by atoms with Gasteiger partial charge in [-0.05, 0) is 24.5 Å². The van der Waals surface area contributed by atoms with Gasteiger partial charge in [-0.3, -0.25) is 0 Å². The van der Waals surface area contributed by atoms with Crippen molar-refractivity contribution in [2.45, 2.75) is 18.8 Å². The molecule has 68 valence electrons. The molecule has 0 radical (unpaired) electrons. The molecule has 0 spiro atoms. The summed E-state index contributed by atoms with van der Waals surface area (Å²) >= 11 is 0. The van der Waals surface area contributed by atoms with Crippen LogP contribution in [0.3, 0.4) is 0 Å². The van der Waals surface area contributed by atoms with Crippen LogP contribution in [0.4, 0.5) is 8.78 Å². The molecular weight excluding hydrogens is 172 g/mol. The lowest BCUT2D eigenvalue weighted by atomic mass is 9.78. The van der Waals surface area contributed by atoms with E-state index in [0.717, 1.165) is 18.9 Å². The lowest BCUT2D eigenvalue weighted by molar-refractivity contribution is 0.553. The lowest BCUT2D eigenvalue weighted by Crippen LogP contribution is -2.23. The largest absolute Gasteiger partial charge is 0.309 e. The summed E-state index contributed by atoms with van der Waals surface area (Å²) in [4.78, 5) is 0. The highest BCUT2D eigenvalue weighted by atomic mass is 19.1. The Morgan fingerprint density at radius 2 is 2.08 bits per heavy atom. The molecular formula is C10H9F2N. The summed E-state index contributed by atoms with van der Waals surface area (Å²) in [6, 6.07) is 3.55. The predicted octanol–water partition coefficient (Wildman–Crippen LogP) is 2.86. The minimum atomic E-state index is -0.563. The zero-order chi connectivity index (χ0) is 9.42. The Morgan fingerprint density at radius 3 is 2.54 bits per heavy atom. The molecule has 0 saturated heterocycles. The minimum Gasteiger partial charge on any atom is -0.309 e. The van der Waals surface area contributed by atoms with Crippen molar-refractivity contribution in [3.63, 3.8) is 0 Å². The van der Waals surface area contributed by atoms with E-state index >= 15 is 0 Å². The van der Waals surface area contributed by atoms with E-state index in [0.29, 0.717) is 11.3 Å². The van der Waals surface area contributed by atoms with Gasteiger partial charge in [0, 0.05) is 17.7 Å². The second-order valence-electron chi connectivity index (χ2n) is 3.28. The Kier molecular flexibility index (Phi) is 1.87. The molecule has 3 heteroatoms. The molecule has 2 rings (SSSR count). The number of nitrogens with one attached hydrogen (secondary N) is 1. The fourth-order valence-corrected chi connectivity index (χ4v) is 1.56. The van der Waals surface area contributed by atoms with Gasteiger partial charge in [0.15, 0.2) is 0 Å². The average Bonchev–Trinajstić information content (AvgIpc) is 2.07. The van der Waals surface area contributed by atoms with Crippen LogP contribution in [0.1, 0.15) is 24.3 Å². The number of hydrogen-bond acceptors (Lipinski definition) is 1. The zero-order valence-electron chi connectivity index (χ0n) is 6.98. The Morgan fingerprint density at radius 1 is 1.31 bits per heavy atom. The van der Waals surface area contributed by atoms with Gasteiger partial charge in [0.2, 0.25) is 0 Å². The van der Waals surface area contributed by atoms with Crippen LogP contribution in [0, 0.1) is 17.0 Å². The zero-order valence-corrected chi connectivity index (χ0v) is 6.98. The topological polar surface area (TPSA) is 23.9 Å². The first kappa shape index (κ1) is 8.35. The molecule has 1 fully saturated rings. The molecule has 1 aliphatic rings. The minimum absolute atomic E-state index is 0.111. The van der Waals surface area contributed by atoms with Crippen LogP contribution < -0.4 is 0 Å². The van der Waals surface area contributed by atoms with Crippen LogP contribution in [0.2, 0.25) is 0 Å². The van der Waals surface area contributed by atoms with Crippen molar-refractivity contribution in [2.75, 3.05) is 0 Å². The molecule has 1 atom stereocenters. The van der Waals surface area contributed by atoms with Crippen LogP contribution >= 0.6 is 0 Å². The Labute approximate surface area is 74.9 Å². The molecule has 1 aromatic carbocycles. The van der Waals surface area contributed by atoms with E-state index in [9.17, 15) is 8.78 Å². The van der Waals surface area contributed by atoms with E-state index in [2.05, 4.69) is 0 Å². The van der Waals surface area contributed by atoms with Crippen LogP contribution in [-0.2, 0) is 0 Å². The van der Waals surface area contributed by atoms with Gasteiger partial charge in [0.1, 0.15) is 11.6 Å². The molecule has 1 saturated carbocycles. The van der Waals surface area contributed by atoms with E-state index in [4.69, 9.17) is 5.41 Å². The first-order valence-corrected chi connectivity index (χ1v) is 4.21. The smallest absolute Gasteiger partial charge is 0.129 e. The third-order valence-electron chi connectivity index (χ3n) is 2.46. The Hall–Kier alpha value is -1.25. The van der Waals surface area contributed by atoms with E-state index in [1.807, 2.05) is 0 Å². The molecule has 1 nitrogen and oxygen atoms in total. The molecule has 0 bridgehead atoms. The van der Waals surface area contributed by atoms with Crippen molar-refractivity contribution in [1.82, 2.24) is 0 Å². The van der Waals surface area contributed by atoms with Gasteiger partial charge < -0.3 is 5.41 Å². The number of hydrogen-bond donors (Lipinski definition) is 1. The number of benzene rings is 1. The first-order valence-electron chi connectivity index (χ1n) is 4.21. The molecule has 1 aliphatic carbocycles. The first-order chi connectivity index (χ1) is 6.18. The van der Waals surface area contributed by atoms with Crippen molar-refractivity contribution in [3.8, 4) is 0 Å². The van der Waals surface area contributed by atoms with Crippen LogP contribution in [0.5, 0.6) is 0 Å². The third kappa shape index (κ3) is 1.34. The lowest BCUT2D eigenvalue weighted by Gasteiger charge is -2.27. The number of rotatable bonds is 1. The van der Waals surface area contributed by atoms with Crippen LogP contribution in [0.15, 0.2) is 18.2 Å². The summed E-state index contributed by atoms with van der Waals surface area (Å²) in [5.41, 5.74) is 1.00. The maximum Gasteiger partial charge on any atom is 0.129 e. The number of halogens is 2. The predicted molar refractivity (Wildman–Crippen MR) is 46.1 cm³/mol. The highest BCUT2D eigenvalue weighted by Crippen LogP contribution is 2.34. The summed E-state index contributed by atoms with van der Waals surface area (Å²) in [7, 11) is 0. The summed E-state index contributed by atoms with van der Waals surface area (Å²) in [5.74, 6) is -1.21. The van der Waals surface area contributed by atoms with Crippen molar-refractivity contribution < 1.29 is 8.78 Å². The Bertz CT molecular complexity index is 360. The molecule has 0 aromatic heterocycles. The van der Waals surface area contributed by atoms with E-state index in [1.54, 1.807) is 0 Å². The standard InChI is InChI=1S/C10H9F2N/c11-6-1-2-7(9(12)5-6)8-3-4-10(8)13/h1-2,5,8,13H,3-4H2. The van der Waals surface area contributed by atoms with Gasteiger partial charge in [-0.1, -0.05) is 6.07 Å². The second-order valence-corrected chi connectivity index (χ2v) is 3.28. The molecule has 0 amide bonds. The SMILES string of the molecule is N=C1CCC1c1ccc(F)cc1F. The normalized spacial score (nSPS) is 21.4. The molecule has 1 unspecified atom stereocenters. The van der Waals surface area contributed by atoms with Gasteiger partial charge >= 0.3 is 0 Å². The van der Waals surface area contributed by atoms with Gasteiger partial charge in [-0.25, -0.2) is 8.78 Å². The summed E-state index contributed by atoms with van der Waals surface area (Å²) in [6.07, 6.45) is 1.54. The van der Waals surface area contributed by atoms with Crippen LogP contribution in [0.25, 0.3) is 0 Å². The van der Waals surface area contributed by atoms with Gasteiger partial charge in [0.05, 0.1) is 0 Å². The van der Waals surface area contributed by atoms with Crippen molar-refractivity contribution in [2.24, 2.45) is 0 Å². The van der Waals surface area contributed by atoms with Gasteiger partial charge in [-0.2, -0.15) is 0 Å². The summed E-state index contributed by atoms with van der Waals surface area (Å²) < 4.78 is 25.7. The third-order valence-corrected chi connectivity index (χ3v) is 2.46. The quantitative estimate of drug-likeness (QED) is 0.688. The van der Waals surface area contributed by atoms with Crippen LogP contribution in [-0.4, -0.2) is 5.71 Å². The Balaban J connectivity index is 2.35. The molecule has 1 N–H and O–H groups in total. The highest BCUT2D eigenvalue weighted by molar-refractivity contribution is 5.93. The van der Waals surface area contributed by atoms with Crippen molar-refractivity contribution >= 4 is 5.71 Å². The van der Waals surface area contributed by atoms with E-state index < -0.39 is 11.6 Å². The van der Waals surface area contributed by atoms with E-state index in [-0.39, 0.29) is 5.92 Å². The summed E-state index contributed by atoms with van der Waals surface area (Å²) in [5, 5.41) is 7.41. The van der Waals surface area contributed by atoms with Crippen molar-refractivity contribution in [3.05, 3.63) is 35.4 Å². The fourth-order valence-electron chi connectivity index (χ4n) is 1.56. The van der Waals surface area contributed by atoms with Gasteiger partial charge in [0.25, 0.3) is 0 Å². The second kappa shape index (κ2) is 2.91. The highest BCUT2D eigenvalue weighted by Gasteiger charge is 2.28. The maximum atomic E-state index is 13.2. The van der Waals surface area contributed by atoms with Gasteiger partial charge in [-0.15, -0.1) is 0 Å². The fraction of sp³-hybridized carbons (Fsp3) is 0.300. The van der Waals surface area contributed by atoms with Crippen molar-refractivity contribution in [1.29, 1.82) is 5.41 Å². The molecule has 0 aliphatic heterocycles. The average molecular weight is 181 g/mol. The van der Waals surface area contributed by atoms with E-state index in [1.165, 1.54) is 12.1 Å². The molecule has 0 heterocycles. The maximum absolute atomic E-state index is 13.2. The summed E-state index contributed by atoms with van der Waals surface area (Å²) in [6.45, 7) is 0.